The van der Waals surface area contributed by atoms with E-state index in [9.17, 15) is 13.9 Å². The maximum absolute atomic E-state index is 14.0. The lowest BCUT2D eigenvalue weighted by Crippen LogP contribution is -2.40. The van der Waals surface area contributed by atoms with Crippen LogP contribution in [0.1, 0.15) is 38.7 Å². The molecule has 19 heavy (non-hydrogen) atoms. The van der Waals surface area contributed by atoms with Gasteiger partial charge in [-0.1, -0.05) is 13.8 Å². The van der Waals surface area contributed by atoms with Crippen LogP contribution in [0.15, 0.2) is 16.6 Å². The summed E-state index contributed by atoms with van der Waals surface area (Å²) in [4.78, 5) is 0. The van der Waals surface area contributed by atoms with Gasteiger partial charge in [-0.2, -0.15) is 0 Å². The third-order valence-electron chi connectivity index (χ3n) is 3.91. The Bertz CT molecular complexity index is 465. The van der Waals surface area contributed by atoms with Gasteiger partial charge in [0.2, 0.25) is 0 Å². The molecule has 0 bridgehead atoms. The SMILES string of the molecule is CC1CC(C)CC(O)(Cc2c(F)ccc(Br)c2F)C1. The van der Waals surface area contributed by atoms with Gasteiger partial charge in [-0.3, -0.25) is 0 Å². The Kier molecular flexibility index (Phi) is 4.31. The van der Waals surface area contributed by atoms with Gasteiger partial charge in [0.1, 0.15) is 11.6 Å². The molecule has 1 aliphatic rings. The van der Waals surface area contributed by atoms with Crippen molar-refractivity contribution in [2.75, 3.05) is 0 Å². The van der Waals surface area contributed by atoms with Crippen LogP contribution < -0.4 is 0 Å². The summed E-state index contributed by atoms with van der Waals surface area (Å²) >= 11 is 3.06. The van der Waals surface area contributed by atoms with Gasteiger partial charge < -0.3 is 5.11 Å². The Balaban J connectivity index is 2.27. The molecule has 2 atom stereocenters. The van der Waals surface area contributed by atoms with Crippen molar-refractivity contribution in [2.45, 2.75) is 45.1 Å². The van der Waals surface area contributed by atoms with Crippen molar-refractivity contribution in [1.29, 1.82) is 0 Å². The van der Waals surface area contributed by atoms with Crippen molar-refractivity contribution < 1.29 is 13.9 Å². The molecule has 2 unspecified atom stereocenters. The molecule has 2 rings (SSSR count). The second-order valence-electron chi connectivity index (χ2n) is 6.08. The first-order valence-corrected chi connectivity index (χ1v) is 7.45. The van der Waals surface area contributed by atoms with E-state index in [2.05, 4.69) is 29.8 Å². The molecule has 0 aliphatic heterocycles. The van der Waals surface area contributed by atoms with E-state index in [-0.39, 0.29) is 16.5 Å². The molecule has 1 saturated carbocycles. The summed E-state index contributed by atoms with van der Waals surface area (Å²) in [6.07, 6.45) is 2.30. The third-order valence-corrected chi connectivity index (χ3v) is 4.52. The van der Waals surface area contributed by atoms with Gasteiger partial charge in [0.05, 0.1) is 10.1 Å². The summed E-state index contributed by atoms with van der Waals surface area (Å²) in [6, 6.07) is 2.59. The predicted octanol–water partition coefficient (Wildman–Crippen LogP) is 4.46. The smallest absolute Gasteiger partial charge is 0.143 e. The average molecular weight is 333 g/mol. The van der Waals surface area contributed by atoms with Gasteiger partial charge in [-0.15, -0.1) is 0 Å². The van der Waals surface area contributed by atoms with E-state index < -0.39 is 17.2 Å². The Hall–Kier alpha value is -0.480. The van der Waals surface area contributed by atoms with Crippen molar-refractivity contribution >= 4 is 15.9 Å². The molecule has 1 fully saturated rings. The van der Waals surface area contributed by atoms with Crippen LogP contribution >= 0.6 is 15.9 Å². The second-order valence-corrected chi connectivity index (χ2v) is 6.93. The highest BCUT2D eigenvalue weighted by molar-refractivity contribution is 9.10. The lowest BCUT2D eigenvalue weighted by Gasteiger charge is -2.39. The van der Waals surface area contributed by atoms with Gasteiger partial charge in [0, 0.05) is 12.0 Å². The van der Waals surface area contributed by atoms with E-state index in [0.29, 0.717) is 24.7 Å². The highest BCUT2D eigenvalue weighted by Gasteiger charge is 2.37. The van der Waals surface area contributed by atoms with Gasteiger partial charge in [0.15, 0.2) is 0 Å². The van der Waals surface area contributed by atoms with Crippen LogP contribution in [-0.4, -0.2) is 10.7 Å². The highest BCUT2D eigenvalue weighted by Crippen LogP contribution is 2.39. The van der Waals surface area contributed by atoms with Crippen LogP contribution in [0.5, 0.6) is 0 Å². The average Bonchev–Trinajstić information content (AvgIpc) is 2.28. The fourth-order valence-electron chi connectivity index (χ4n) is 3.44. The lowest BCUT2D eigenvalue weighted by atomic mass is 9.71. The Labute approximate surface area is 121 Å². The normalized spacial score (nSPS) is 31.5. The molecule has 1 aromatic rings. The molecule has 0 amide bonds. The van der Waals surface area contributed by atoms with Gasteiger partial charge >= 0.3 is 0 Å². The van der Waals surface area contributed by atoms with E-state index in [4.69, 9.17) is 0 Å². The lowest BCUT2D eigenvalue weighted by molar-refractivity contribution is -0.0316. The summed E-state index contributed by atoms with van der Waals surface area (Å²) in [5.41, 5.74) is -1.02. The Morgan fingerprint density at radius 3 is 2.42 bits per heavy atom. The molecule has 0 saturated heterocycles. The van der Waals surface area contributed by atoms with Crippen molar-refractivity contribution in [3.05, 3.63) is 33.8 Å². The number of rotatable bonds is 2. The molecule has 1 nitrogen and oxygen atoms in total. The third kappa shape index (κ3) is 3.34. The van der Waals surface area contributed by atoms with Gasteiger partial charge in [-0.05, 0) is 59.2 Å². The maximum Gasteiger partial charge on any atom is 0.143 e. The van der Waals surface area contributed by atoms with Crippen LogP contribution in [0.25, 0.3) is 0 Å². The van der Waals surface area contributed by atoms with Gasteiger partial charge in [-0.25, -0.2) is 8.78 Å². The molecular formula is C15H19BrF2O. The first kappa shape index (κ1) is 14.9. The van der Waals surface area contributed by atoms with E-state index in [1.807, 2.05) is 0 Å². The van der Waals surface area contributed by atoms with Crippen LogP contribution in [0.2, 0.25) is 0 Å². The first-order chi connectivity index (χ1) is 8.81. The number of hydrogen-bond donors (Lipinski definition) is 1. The monoisotopic (exact) mass is 332 g/mol. The summed E-state index contributed by atoms with van der Waals surface area (Å²) in [5.74, 6) is -0.418. The molecule has 1 aromatic carbocycles. The molecule has 4 heteroatoms. The minimum atomic E-state index is -1.00. The number of hydrogen-bond acceptors (Lipinski definition) is 1. The van der Waals surface area contributed by atoms with E-state index >= 15 is 0 Å². The minimum Gasteiger partial charge on any atom is -0.390 e. The predicted molar refractivity (Wildman–Crippen MR) is 74.9 cm³/mol. The van der Waals surface area contributed by atoms with Crippen molar-refractivity contribution in [1.82, 2.24) is 0 Å². The van der Waals surface area contributed by atoms with E-state index in [1.165, 1.54) is 12.1 Å². The number of halogens is 3. The zero-order valence-electron chi connectivity index (χ0n) is 11.2. The van der Waals surface area contributed by atoms with Crippen molar-refractivity contribution in [3.8, 4) is 0 Å². The standard InChI is InChI=1S/C15H19BrF2O/c1-9-5-10(2)7-15(19,6-9)8-11-13(17)4-3-12(16)14(11)18/h3-4,9-10,19H,5-8H2,1-2H3. The molecule has 0 radical (unpaired) electrons. The summed E-state index contributed by atoms with van der Waals surface area (Å²) in [7, 11) is 0. The second kappa shape index (κ2) is 5.49. The summed E-state index contributed by atoms with van der Waals surface area (Å²) in [6.45, 7) is 4.16. The molecule has 0 heterocycles. The summed E-state index contributed by atoms with van der Waals surface area (Å²) in [5, 5.41) is 10.7. The molecule has 1 N–H and O–H groups in total. The molecular weight excluding hydrogens is 314 g/mol. The van der Waals surface area contributed by atoms with E-state index in [0.717, 1.165) is 6.42 Å². The number of aliphatic hydroxyl groups is 1. The van der Waals surface area contributed by atoms with E-state index in [1.54, 1.807) is 0 Å². The molecule has 0 spiro atoms. The Morgan fingerprint density at radius 2 is 1.84 bits per heavy atom. The van der Waals surface area contributed by atoms with Crippen LogP contribution in [0.3, 0.4) is 0 Å². The minimum absolute atomic E-state index is 0.0156. The molecule has 0 aromatic heterocycles. The molecule has 106 valence electrons. The zero-order chi connectivity index (χ0) is 14.2. The highest BCUT2D eigenvalue weighted by atomic mass is 79.9. The largest absolute Gasteiger partial charge is 0.390 e. The van der Waals surface area contributed by atoms with Crippen LogP contribution in [0.4, 0.5) is 8.78 Å². The van der Waals surface area contributed by atoms with Crippen molar-refractivity contribution in [3.63, 3.8) is 0 Å². The fraction of sp³-hybridized carbons (Fsp3) is 0.600. The van der Waals surface area contributed by atoms with Crippen molar-refractivity contribution in [2.24, 2.45) is 11.8 Å². The number of benzene rings is 1. The van der Waals surface area contributed by atoms with Gasteiger partial charge in [0.25, 0.3) is 0 Å². The van der Waals surface area contributed by atoms with Crippen LogP contribution in [0, 0.1) is 23.5 Å². The topological polar surface area (TPSA) is 20.2 Å². The molecule has 1 aliphatic carbocycles. The summed E-state index contributed by atoms with van der Waals surface area (Å²) < 4.78 is 28.0. The zero-order valence-corrected chi connectivity index (χ0v) is 12.8. The Morgan fingerprint density at radius 1 is 1.26 bits per heavy atom. The first-order valence-electron chi connectivity index (χ1n) is 6.65. The quantitative estimate of drug-likeness (QED) is 0.793. The maximum atomic E-state index is 14.0. The fourth-order valence-corrected chi connectivity index (χ4v) is 3.81. The van der Waals surface area contributed by atoms with Crippen LogP contribution in [-0.2, 0) is 6.42 Å².